The SMILES string of the molecule is NC(=O)c1ccc(S(=O)(=O)Nc2ccccc2Oc2ccccc2)c(CC(=O)NCCC2CCNCC2)c1. The maximum atomic E-state index is 13.5. The van der Waals surface area contributed by atoms with E-state index in [4.69, 9.17) is 10.5 Å². The van der Waals surface area contributed by atoms with Crippen LogP contribution in [0.1, 0.15) is 35.2 Å². The number of hydrogen-bond acceptors (Lipinski definition) is 6. The van der Waals surface area contributed by atoms with Gasteiger partial charge >= 0.3 is 0 Å². The first kappa shape index (κ1) is 27.2. The van der Waals surface area contributed by atoms with Crippen LogP contribution in [0.4, 0.5) is 5.69 Å². The number of nitrogens with one attached hydrogen (secondary N) is 3. The molecule has 2 amide bonds. The molecule has 0 radical (unpaired) electrons. The number of ether oxygens (including phenoxy) is 1. The zero-order valence-corrected chi connectivity index (χ0v) is 21.8. The number of nitrogens with two attached hydrogens (primary N) is 1. The molecule has 0 aliphatic carbocycles. The Morgan fingerprint density at radius 1 is 0.974 bits per heavy atom. The lowest BCUT2D eigenvalue weighted by Crippen LogP contribution is -2.32. The third-order valence-corrected chi connectivity index (χ3v) is 7.89. The van der Waals surface area contributed by atoms with Gasteiger partial charge in [0.1, 0.15) is 5.75 Å². The largest absolute Gasteiger partial charge is 0.455 e. The van der Waals surface area contributed by atoms with Crippen molar-refractivity contribution in [1.29, 1.82) is 0 Å². The van der Waals surface area contributed by atoms with E-state index < -0.39 is 15.9 Å². The van der Waals surface area contributed by atoms with E-state index in [1.165, 1.54) is 18.2 Å². The van der Waals surface area contributed by atoms with Gasteiger partial charge in [-0.25, -0.2) is 8.42 Å². The maximum Gasteiger partial charge on any atom is 0.262 e. The van der Waals surface area contributed by atoms with Gasteiger partial charge in [-0.05, 0) is 86.3 Å². The summed E-state index contributed by atoms with van der Waals surface area (Å²) in [7, 11) is -4.15. The summed E-state index contributed by atoms with van der Waals surface area (Å²) in [4.78, 5) is 24.4. The van der Waals surface area contributed by atoms with Crippen molar-refractivity contribution in [2.75, 3.05) is 24.4 Å². The number of primary amides is 1. The fourth-order valence-corrected chi connectivity index (χ4v) is 5.70. The van der Waals surface area contributed by atoms with Crippen LogP contribution in [-0.4, -0.2) is 39.9 Å². The summed E-state index contributed by atoms with van der Waals surface area (Å²) >= 11 is 0. The number of anilines is 1. The molecule has 200 valence electrons. The van der Waals surface area contributed by atoms with Gasteiger partial charge < -0.3 is 21.1 Å². The van der Waals surface area contributed by atoms with E-state index in [1.54, 1.807) is 36.4 Å². The second kappa shape index (κ2) is 12.6. The number of piperidine rings is 1. The quantitative estimate of drug-likeness (QED) is 0.296. The smallest absolute Gasteiger partial charge is 0.262 e. The number of carbonyl (C=O) groups excluding carboxylic acids is 2. The molecule has 5 N–H and O–H groups in total. The number of rotatable bonds is 11. The van der Waals surface area contributed by atoms with Crippen LogP contribution in [0.25, 0.3) is 0 Å². The minimum Gasteiger partial charge on any atom is -0.455 e. The van der Waals surface area contributed by atoms with Crippen molar-refractivity contribution >= 4 is 27.5 Å². The molecule has 1 saturated heterocycles. The Morgan fingerprint density at radius 3 is 2.42 bits per heavy atom. The van der Waals surface area contributed by atoms with E-state index in [9.17, 15) is 18.0 Å². The Bertz CT molecular complexity index is 1370. The molecule has 0 saturated carbocycles. The molecule has 38 heavy (non-hydrogen) atoms. The van der Waals surface area contributed by atoms with Crippen molar-refractivity contribution in [3.05, 3.63) is 83.9 Å². The number of sulfonamides is 1. The molecule has 0 spiro atoms. The van der Waals surface area contributed by atoms with E-state index >= 15 is 0 Å². The lowest BCUT2D eigenvalue weighted by atomic mass is 9.95. The monoisotopic (exact) mass is 536 g/mol. The lowest BCUT2D eigenvalue weighted by Gasteiger charge is -2.22. The molecule has 0 atom stereocenters. The molecule has 3 aromatic carbocycles. The van der Waals surface area contributed by atoms with Crippen LogP contribution in [0.3, 0.4) is 0 Å². The van der Waals surface area contributed by atoms with Crippen LogP contribution in [0.5, 0.6) is 11.5 Å². The van der Waals surface area contributed by atoms with Gasteiger partial charge in [0.15, 0.2) is 5.75 Å². The number of carbonyl (C=O) groups is 2. The molecule has 0 bridgehead atoms. The van der Waals surface area contributed by atoms with Crippen LogP contribution in [-0.2, 0) is 21.2 Å². The van der Waals surface area contributed by atoms with Crippen LogP contribution in [0.2, 0.25) is 0 Å². The normalized spacial score (nSPS) is 14.0. The van der Waals surface area contributed by atoms with Gasteiger partial charge in [-0.1, -0.05) is 30.3 Å². The summed E-state index contributed by atoms with van der Waals surface area (Å²) in [5, 5.41) is 6.20. The molecule has 9 nitrogen and oxygen atoms in total. The van der Waals surface area contributed by atoms with E-state index in [0.29, 0.717) is 24.0 Å². The van der Waals surface area contributed by atoms with E-state index in [2.05, 4.69) is 15.4 Å². The van der Waals surface area contributed by atoms with Gasteiger partial charge in [0.25, 0.3) is 10.0 Å². The Kier molecular flexibility index (Phi) is 8.98. The van der Waals surface area contributed by atoms with Gasteiger partial charge in [0, 0.05) is 12.1 Å². The molecular formula is C28H32N4O5S. The van der Waals surface area contributed by atoms with Crippen molar-refractivity contribution in [3.63, 3.8) is 0 Å². The van der Waals surface area contributed by atoms with Crippen molar-refractivity contribution < 1.29 is 22.7 Å². The Balaban J connectivity index is 1.52. The molecule has 1 heterocycles. The van der Waals surface area contributed by atoms with E-state index in [0.717, 1.165) is 32.4 Å². The zero-order valence-electron chi connectivity index (χ0n) is 21.0. The Morgan fingerprint density at radius 2 is 1.68 bits per heavy atom. The summed E-state index contributed by atoms with van der Waals surface area (Å²) in [6.07, 6.45) is 2.78. The third kappa shape index (κ3) is 7.33. The highest BCUT2D eigenvalue weighted by atomic mass is 32.2. The molecule has 1 fully saturated rings. The molecule has 0 unspecified atom stereocenters. The molecule has 1 aliphatic heterocycles. The molecule has 3 aromatic rings. The minimum atomic E-state index is -4.15. The van der Waals surface area contributed by atoms with E-state index in [1.807, 2.05) is 18.2 Å². The summed E-state index contributed by atoms with van der Waals surface area (Å²) < 4.78 is 35.4. The first-order valence-electron chi connectivity index (χ1n) is 12.6. The van der Waals surface area contributed by atoms with Gasteiger partial charge in [-0.15, -0.1) is 0 Å². The van der Waals surface area contributed by atoms with Crippen molar-refractivity contribution in [3.8, 4) is 11.5 Å². The fraction of sp³-hybridized carbons (Fsp3) is 0.286. The average Bonchev–Trinajstić information content (AvgIpc) is 2.91. The van der Waals surface area contributed by atoms with Crippen molar-refractivity contribution in [2.45, 2.75) is 30.6 Å². The number of amides is 2. The standard InChI is InChI=1S/C28H32N4O5S/c29-28(34)21-10-11-26(22(18-21)19-27(33)31-17-14-20-12-15-30-16-13-20)38(35,36)32-24-8-4-5-9-25(24)37-23-6-2-1-3-7-23/h1-11,18,20,30,32H,12-17,19H2,(H2,29,34)(H,31,33). The lowest BCUT2D eigenvalue weighted by molar-refractivity contribution is -0.120. The van der Waals surface area contributed by atoms with Crippen LogP contribution >= 0.6 is 0 Å². The van der Waals surface area contributed by atoms with Crippen LogP contribution in [0.15, 0.2) is 77.7 Å². The summed E-state index contributed by atoms with van der Waals surface area (Å²) in [5.41, 5.74) is 5.95. The summed E-state index contributed by atoms with van der Waals surface area (Å²) in [5.74, 6) is 0.369. The highest BCUT2D eigenvalue weighted by molar-refractivity contribution is 7.92. The molecular weight excluding hydrogens is 504 g/mol. The van der Waals surface area contributed by atoms with Gasteiger partial charge in [0.2, 0.25) is 11.8 Å². The van der Waals surface area contributed by atoms with Crippen LogP contribution in [0, 0.1) is 5.92 Å². The third-order valence-electron chi connectivity index (χ3n) is 6.42. The molecule has 0 aromatic heterocycles. The van der Waals surface area contributed by atoms with Crippen LogP contribution < -0.4 is 25.8 Å². The van der Waals surface area contributed by atoms with Crippen molar-refractivity contribution in [2.24, 2.45) is 11.7 Å². The second-order valence-electron chi connectivity index (χ2n) is 9.21. The molecule has 4 rings (SSSR count). The highest BCUT2D eigenvalue weighted by Gasteiger charge is 2.23. The van der Waals surface area contributed by atoms with Gasteiger partial charge in [-0.3, -0.25) is 14.3 Å². The predicted octanol–water partition coefficient (Wildman–Crippen LogP) is 3.43. The Labute approximate surface area is 222 Å². The molecule has 1 aliphatic rings. The molecule has 10 heteroatoms. The predicted molar refractivity (Wildman–Crippen MR) is 146 cm³/mol. The average molecular weight is 537 g/mol. The topological polar surface area (TPSA) is 140 Å². The van der Waals surface area contributed by atoms with E-state index in [-0.39, 0.29) is 34.0 Å². The second-order valence-corrected chi connectivity index (χ2v) is 10.9. The number of para-hydroxylation sites is 3. The first-order chi connectivity index (χ1) is 18.3. The number of benzene rings is 3. The summed E-state index contributed by atoms with van der Waals surface area (Å²) in [6.45, 7) is 2.46. The summed E-state index contributed by atoms with van der Waals surface area (Å²) in [6, 6.07) is 19.6. The maximum absolute atomic E-state index is 13.5. The zero-order chi connectivity index (χ0) is 27.0. The van der Waals surface area contributed by atoms with Gasteiger partial charge in [0.05, 0.1) is 17.0 Å². The van der Waals surface area contributed by atoms with Crippen molar-refractivity contribution in [1.82, 2.24) is 10.6 Å². The highest BCUT2D eigenvalue weighted by Crippen LogP contribution is 2.31. The fourth-order valence-electron chi connectivity index (χ4n) is 4.41. The van der Waals surface area contributed by atoms with Gasteiger partial charge in [-0.2, -0.15) is 0 Å². The number of hydrogen-bond donors (Lipinski definition) is 4. The Hall–Kier alpha value is -3.89. The first-order valence-corrected chi connectivity index (χ1v) is 14.0. The minimum absolute atomic E-state index is 0.120.